The fraction of sp³-hybridized carbons (Fsp3) is 0.143. The van der Waals surface area contributed by atoms with Gasteiger partial charge in [-0.3, -0.25) is 0 Å². The number of fused-ring (bicyclic) bond motifs is 1. The van der Waals surface area contributed by atoms with E-state index in [-0.39, 0.29) is 0 Å². The zero-order chi connectivity index (χ0) is 13.4. The van der Waals surface area contributed by atoms with Crippen molar-refractivity contribution in [3.8, 4) is 11.4 Å². The molecule has 0 saturated heterocycles. The van der Waals surface area contributed by atoms with Crippen molar-refractivity contribution in [3.05, 3.63) is 44.1 Å². The van der Waals surface area contributed by atoms with E-state index in [1.165, 1.54) is 5.56 Å². The summed E-state index contributed by atoms with van der Waals surface area (Å²) in [5, 5.41) is 3.45. The molecule has 19 heavy (non-hydrogen) atoms. The van der Waals surface area contributed by atoms with E-state index >= 15 is 0 Å². The lowest BCUT2D eigenvalue weighted by atomic mass is 10.1. The highest BCUT2D eigenvalue weighted by molar-refractivity contribution is 9.11. The van der Waals surface area contributed by atoms with Gasteiger partial charge in [-0.1, -0.05) is 30.7 Å². The van der Waals surface area contributed by atoms with Crippen LogP contribution in [-0.4, -0.2) is 9.97 Å². The molecule has 5 heteroatoms. The van der Waals surface area contributed by atoms with Crippen molar-refractivity contribution in [3.63, 3.8) is 0 Å². The Labute approximate surface area is 128 Å². The molecule has 0 unspecified atom stereocenters. The summed E-state index contributed by atoms with van der Waals surface area (Å²) >= 11 is 11.4. The molecule has 0 bridgehead atoms. The number of rotatable bonds is 2. The van der Waals surface area contributed by atoms with Gasteiger partial charge in [0, 0.05) is 16.3 Å². The third-order valence-electron chi connectivity index (χ3n) is 2.97. The highest BCUT2D eigenvalue weighted by atomic mass is 79.9. The summed E-state index contributed by atoms with van der Waals surface area (Å²) in [5.74, 6) is 0.681. The van der Waals surface area contributed by atoms with Crippen LogP contribution in [-0.2, 0) is 6.42 Å². The largest absolute Gasteiger partial charge is 0.228 e. The van der Waals surface area contributed by atoms with Gasteiger partial charge in [0.05, 0.1) is 9.30 Å². The lowest BCUT2D eigenvalue weighted by Crippen LogP contribution is -1.94. The lowest BCUT2D eigenvalue weighted by Gasteiger charge is -2.06. The Morgan fingerprint density at radius 3 is 2.84 bits per heavy atom. The number of hydrogen-bond donors (Lipinski definition) is 0. The normalized spacial score (nSPS) is 11.1. The van der Waals surface area contributed by atoms with Crippen LogP contribution >= 0.6 is 38.9 Å². The molecular weight excluding hydrogens is 344 g/mol. The summed E-state index contributed by atoms with van der Waals surface area (Å²) in [7, 11) is 0. The monoisotopic (exact) mass is 352 g/mol. The smallest absolute Gasteiger partial charge is 0.162 e. The standard InChI is InChI=1S/C14H10BrClN2S/c1-2-8-4-3-5-10-12(8)17-14(18-13(10)16)9-6-11(15)19-7-9/h3-7H,2H2,1H3. The van der Waals surface area contributed by atoms with E-state index in [1.807, 2.05) is 23.6 Å². The Hall–Kier alpha value is -0.970. The van der Waals surface area contributed by atoms with Crippen molar-refractivity contribution >= 4 is 49.8 Å². The molecule has 0 spiro atoms. The van der Waals surface area contributed by atoms with Crippen molar-refractivity contribution in [2.24, 2.45) is 0 Å². The molecule has 0 aliphatic rings. The van der Waals surface area contributed by atoms with Gasteiger partial charge in [0.15, 0.2) is 5.82 Å². The van der Waals surface area contributed by atoms with Crippen LogP contribution in [0.5, 0.6) is 0 Å². The van der Waals surface area contributed by atoms with Crippen LogP contribution in [0.2, 0.25) is 5.15 Å². The van der Waals surface area contributed by atoms with E-state index < -0.39 is 0 Å². The second-order valence-corrected chi connectivity index (χ2v) is 6.79. The van der Waals surface area contributed by atoms with Crippen LogP contribution < -0.4 is 0 Å². The van der Waals surface area contributed by atoms with Crippen molar-refractivity contribution in [1.82, 2.24) is 9.97 Å². The fourth-order valence-corrected chi connectivity index (χ4v) is 3.38. The molecule has 96 valence electrons. The van der Waals surface area contributed by atoms with Crippen molar-refractivity contribution in [2.75, 3.05) is 0 Å². The molecule has 1 aromatic carbocycles. The second kappa shape index (κ2) is 5.19. The first kappa shape index (κ1) is 13.0. The maximum absolute atomic E-state index is 6.29. The fourth-order valence-electron chi connectivity index (χ4n) is 2.02. The number of para-hydroxylation sites is 1. The van der Waals surface area contributed by atoms with Gasteiger partial charge in [0.1, 0.15) is 5.15 Å². The van der Waals surface area contributed by atoms with Crippen molar-refractivity contribution in [2.45, 2.75) is 13.3 Å². The zero-order valence-corrected chi connectivity index (χ0v) is 13.3. The molecular formula is C14H10BrClN2S. The van der Waals surface area contributed by atoms with E-state index in [2.05, 4.69) is 38.9 Å². The van der Waals surface area contributed by atoms with Crippen LogP contribution in [0.15, 0.2) is 33.4 Å². The first-order valence-corrected chi connectivity index (χ1v) is 7.93. The molecule has 0 saturated carbocycles. The third-order valence-corrected chi connectivity index (χ3v) is 4.76. The van der Waals surface area contributed by atoms with Crippen LogP contribution in [0.4, 0.5) is 0 Å². The van der Waals surface area contributed by atoms with Crippen molar-refractivity contribution < 1.29 is 0 Å². The van der Waals surface area contributed by atoms with Crippen LogP contribution in [0.3, 0.4) is 0 Å². The minimum Gasteiger partial charge on any atom is -0.228 e. The molecule has 2 heterocycles. The number of benzene rings is 1. The Kier molecular flexibility index (Phi) is 3.56. The molecule has 0 atom stereocenters. The summed E-state index contributed by atoms with van der Waals surface area (Å²) < 4.78 is 1.06. The summed E-state index contributed by atoms with van der Waals surface area (Å²) in [6.07, 6.45) is 0.928. The van der Waals surface area contributed by atoms with Gasteiger partial charge >= 0.3 is 0 Å². The maximum atomic E-state index is 6.29. The number of nitrogens with zero attached hydrogens (tertiary/aromatic N) is 2. The van der Waals surface area contributed by atoms with Gasteiger partial charge in [-0.2, -0.15) is 0 Å². The Balaban J connectivity index is 2.28. The molecule has 3 aromatic rings. The van der Waals surface area contributed by atoms with E-state index in [0.29, 0.717) is 11.0 Å². The molecule has 0 amide bonds. The quantitative estimate of drug-likeness (QED) is 0.581. The Morgan fingerprint density at radius 2 is 2.16 bits per heavy atom. The zero-order valence-electron chi connectivity index (χ0n) is 10.2. The number of halogens is 2. The average Bonchev–Trinajstić information content (AvgIpc) is 2.85. The SMILES string of the molecule is CCc1cccc2c(Cl)nc(-c3csc(Br)c3)nc12. The molecule has 2 nitrogen and oxygen atoms in total. The average molecular weight is 354 g/mol. The minimum absolute atomic E-state index is 0.512. The summed E-state index contributed by atoms with van der Waals surface area (Å²) in [6.45, 7) is 2.12. The molecule has 2 aromatic heterocycles. The molecule has 3 rings (SSSR count). The van der Waals surface area contributed by atoms with Crippen LogP contribution in [0.25, 0.3) is 22.3 Å². The Morgan fingerprint density at radius 1 is 1.32 bits per heavy atom. The number of aryl methyl sites for hydroxylation is 1. The number of aromatic nitrogens is 2. The van der Waals surface area contributed by atoms with E-state index in [1.54, 1.807) is 11.3 Å². The Bertz CT molecular complexity index is 754. The molecule has 0 aliphatic heterocycles. The second-order valence-electron chi connectivity index (χ2n) is 4.14. The highest BCUT2D eigenvalue weighted by Crippen LogP contribution is 2.31. The minimum atomic E-state index is 0.512. The first-order valence-electron chi connectivity index (χ1n) is 5.88. The van der Waals surface area contributed by atoms with Crippen molar-refractivity contribution in [1.29, 1.82) is 0 Å². The van der Waals surface area contributed by atoms with Gasteiger partial charge in [-0.05, 0) is 40.0 Å². The van der Waals surface area contributed by atoms with Gasteiger partial charge in [-0.25, -0.2) is 9.97 Å². The van der Waals surface area contributed by atoms with E-state index in [0.717, 1.165) is 26.7 Å². The van der Waals surface area contributed by atoms with E-state index in [4.69, 9.17) is 11.6 Å². The number of hydrogen-bond acceptors (Lipinski definition) is 3. The predicted molar refractivity (Wildman–Crippen MR) is 84.9 cm³/mol. The lowest BCUT2D eigenvalue weighted by molar-refractivity contribution is 1.13. The first-order chi connectivity index (χ1) is 9.19. The van der Waals surface area contributed by atoms with Gasteiger partial charge in [0.2, 0.25) is 0 Å². The van der Waals surface area contributed by atoms with Crippen LogP contribution in [0.1, 0.15) is 12.5 Å². The highest BCUT2D eigenvalue weighted by Gasteiger charge is 2.11. The molecule has 0 N–H and O–H groups in total. The summed E-state index contributed by atoms with van der Waals surface area (Å²) in [4.78, 5) is 9.08. The van der Waals surface area contributed by atoms with Gasteiger partial charge in [0.25, 0.3) is 0 Å². The predicted octanol–water partition coefficient (Wildman–Crippen LogP) is 5.34. The molecule has 0 fully saturated rings. The number of thiophene rings is 1. The topological polar surface area (TPSA) is 25.8 Å². The maximum Gasteiger partial charge on any atom is 0.162 e. The van der Waals surface area contributed by atoms with Gasteiger partial charge in [-0.15, -0.1) is 11.3 Å². The summed E-state index contributed by atoms with van der Waals surface area (Å²) in [5.41, 5.74) is 3.13. The van der Waals surface area contributed by atoms with E-state index in [9.17, 15) is 0 Å². The molecule has 0 radical (unpaired) electrons. The molecule has 0 aliphatic carbocycles. The summed E-state index contributed by atoms with van der Waals surface area (Å²) in [6, 6.07) is 8.05. The van der Waals surface area contributed by atoms with Gasteiger partial charge < -0.3 is 0 Å². The third kappa shape index (κ3) is 2.40. The van der Waals surface area contributed by atoms with Crippen LogP contribution in [0, 0.1) is 0 Å².